The number of hydrogen-bond acceptors (Lipinski definition) is 2. The van der Waals surface area contributed by atoms with Crippen LogP contribution in [0.5, 0.6) is 0 Å². The molecule has 180 valence electrons. The molecule has 0 bridgehead atoms. The van der Waals surface area contributed by atoms with Crippen LogP contribution < -0.4 is 0 Å². The van der Waals surface area contributed by atoms with E-state index in [0.717, 1.165) is 30.2 Å². The SMILES string of the molecule is CC(C)Cc1cn(C)c2cc(CC(C)Cc3cn(C(=O)OC(C)(C)C)c4ccccc34)ccc12. The van der Waals surface area contributed by atoms with Gasteiger partial charge in [-0.15, -0.1) is 0 Å². The normalized spacial score (nSPS) is 13.2. The molecule has 0 aliphatic rings. The molecule has 0 saturated heterocycles. The van der Waals surface area contributed by atoms with Crippen molar-refractivity contribution in [1.82, 2.24) is 9.13 Å². The van der Waals surface area contributed by atoms with E-state index < -0.39 is 5.60 Å². The van der Waals surface area contributed by atoms with Crippen LogP contribution in [0.4, 0.5) is 4.79 Å². The Hall–Kier alpha value is -3.01. The van der Waals surface area contributed by atoms with Crippen molar-refractivity contribution in [2.75, 3.05) is 0 Å². The summed E-state index contributed by atoms with van der Waals surface area (Å²) in [6, 6.07) is 15.0. The zero-order valence-corrected chi connectivity index (χ0v) is 21.7. The summed E-state index contributed by atoms with van der Waals surface area (Å²) in [6.45, 7) is 12.5. The van der Waals surface area contributed by atoms with E-state index in [2.05, 4.69) is 62.8 Å². The molecule has 0 N–H and O–H groups in total. The summed E-state index contributed by atoms with van der Waals surface area (Å²) in [5, 5.41) is 2.49. The van der Waals surface area contributed by atoms with Gasteiger partial charge in [0.25, 0.3) is 0 Å². The summed E-state index contributed by atoms with van der Waals surface area (Å²) in [4.78, 5) is 12.8. The lowest BCUT2D eigenvalue weighted by atomic mass is 9.93. The smallest absolute Gasteiger partial charge is 0.419 e. The standard InChI is InChI=1S/C30H38N2O2/c1-20(2)14-23-18-31(7)28-17-22(12-13-26(23)28)15-21(3)16-24-19-32(29(33)34-30(4,5)6)27-11-9-8-10-25(24)27/h8-13,17-21H,14-16H2,1-7H3. The van der Waals surface area contributed by atoms with Crippen LogP contribution in [0.15, 0.2) is 54.9 Å². The van der Waals surface area contributed by atoms with E-state index in [4.69, 9.17) is 4.74 Å². The second-order valence-electron chi connectivity index (χ2n) is 11.2. The van der Waals surface area contributed by atoms with Crippen LogP contribution in [-0.4, -0.2) is 20.8 Å². The zero-order valence-electron chi connectivity index (χ0n) is 21.7. The van der Waals surface area contributed by atoms with Gasteiger partial charge in [-0.1, -0.05) is 51.1 Å². The van der Waals surface area contributed by atoms with Crippen molar-refractivity contribution in [3.05, 3.63) is 71.5 Å². The van der Waals surface area contributed by atoms with Gasteiger partial charge >= 0.3 is 6.09 Å². The average molecular weight is 459 g/mol. The third-order valence-corrected chi connectivity index (χ3v) is 6.30. The Morgan fingerprint density at radius 2 is 1.56 bits per heavy atom. The number of rotatable bonds is 6. The van der Waals surface area contributed by atoms with E-state index in [0.29, 0.717) is 11.8 Å². The minimum Gasteiger partial charge on any atom is -0.443 e. The fourth-order valence-corrected chi connectivity index (χ4v) is 4.97. The molecule has 0 spiro atoms. The predicted octanol–water partition coefficient (Wildman–Crippen LogP) is 7.54. The first-order chi connectivity index (χ1) is 16.0. The molecule has 0 radical (unpaired) electrons. The molecule has 4 nitrogen and oxygen atoms in total. The van der Waals surface area contributed by atoms with E-state index in [1.54, 1.807) is 4.57 Å². The van der Waals surface area contributed by atoms with Gasteiger partial charge in [0.2, 0.25) is 0 Å². The maximum Gasteiger partial charge on any atom is 0.419 e. The Morgan fingerprint density at radius 3 is 2.26 bits per heavy atom. The highest BCUT2D eigenvalue weighted by Gasteiger charge is 2.21. The van der Waals surface area contributed by atoms with E-state index in [-0.39, 0.29) is 6.09 Å². The van der Waals surface area contributed by atoms with Gasteiger partial charge in [-0.25, -0.2) is 4.79 Å². The molecule has 4 heteroatoms. The summed E-state index contributed by atoms with van der Waals surface area (Å²) in [5.74, 6) is 1.08. The Morgan fingerprint density at radius 1 is 0.882 bits per heavy atom. The first-order valence-electron chi connectivity index (χ1n) is 12.4. The van der Waals surface area contributed by atoms with E-state index >= 15 is 0 Å². The van der Waals surface area contributed by atoms with Gasteiger partial charge in [0.1, 0.15) is 5.60 Å². The maximum absolute atomic E-state index is 12.8. The highest BCUT2D eigenvalue weighted by Crippen LogP contribution is 2.28. The van der Waals surface area contributed by atoms with Gasteiger partial charge in [-0.05, 0) is 80.7 Å². The summed E-state index contributed by atoms with van der Waals surface area (Å²) in [5.41, 5.74) is 5.66. The van der Waals surface area contributed by atoms with Gasteiger partial charge in [0.15, 0.2) is 0 Å². The topological polar surface area (TPSA) is 36.2 Å². The molecule has 2 aromatic heterocycles. The third kappa shape index (κ3) is 5.22. The van der Waals surface area contributed by atoms with Gasteiger partial charge in [-0.3, -0.25) is 4.57 Å². The van der Waals surface area contributed by atoms with Crippen LogP contribution in [0.2, 0.25) is 0 Å². The summed E-state index contributed by atoms with van der Waals surface area (Å²) < 4.78 is 9.57. The predicted molar refractivity (Wildman–Crippen MR) is 142 cm³/mol. The average Bonchev–Trinajstić information content (AvgIpc) is 3.24. The molecule has 0 aliphatic heterocycles. The third-order valence-electron chi connectivity index (χ3n) is 6.30. The molecule has 1 atom stereocenters. The molecule has 0 fully saturated rings. The van der Waals surface area contributed by atoms with Crippen molar-refractivity contribution in [3.63, 3.8) is 0 Å². The maximum atomic E-state index is 12.8. The highest BCUT2D eigenvalue weighted by atomic mass is 16.6. The van der Waals surface area contributed by atoms with E-state index in [1.165, 1.54) is 27.6 Å². The number of ether oxygens (including phenoxy) is 1. The Kier molecular flexibility index (Phi) is 6.62. The van der Waals surface area contributed by atoms with Gasteiger partial charge in [0.05, 0.1) is 5.52 Å². The van der Waals surface area contributed by atoms with Crippen LogP contribution in [-0.2, 0) is 31.0 Å². The monoisotopic (exact) mass is 458 g/mol. The Labute approximate surface area is 203 Å². The van der Waals surface area contributed by atoms with E-state index in [9.17, 15) is 4.79 Å². The Balaban J connectivity index is 1.56. The van der Waals surface area contributed by atoms with Gasteiger partial charge < -0.3 is 9.30 Å². The molecule has 34 heavy (non-hydrogen) atoms. The lowest BCUT2D eigenvalue weighted by molar-refractivity contribution is 0.0544. The van der Waals surface area contributed by atoms with Crippen LogP contribution in [0.1, 0.15) is 58.2 Å². The second kappa shape index (κ2) is 9.32. The van der Waals surface area contributed by atoms with Crippen molar-refractivity contribution >= 4 is 27.9 Å². The molecule has 0 saturated carbocycles. The number of fused-ring (bicyclic) bond motifs is 2. The molecule has 0 aliphatic carbocycles. The number of para-hydroxylation sites is 1. The van der Waals surface area contributed by atoms with Crippen molar-refractivity contribution in [2.45, 2.75) is 66.4 Å². The number of aromatic nitrogens is 2. The largest absolute Gasteiger partial charge is 0.443 e. The van der Waals surface area contributed by atoms with Crippen LogP contribution in [0.25, 0.3) is 21.8 Å². The minimum atomic E-state index is -0.527. The number of carbonyl (C=O) groups excluding carboxylic acids is 1. The molecule has 4 rings (SSSR count). The first-order valence-corrected chi connectivity index (χ1v) is 12.4. The quantitative estimate of drug-likeness (QED) is 0.299. The lowest BCUT2D eigenvalue weighted by Crippen LogP contribution is -2.26. The van der Waals surface area contributed by atoms with Crippen molar-refractivity contribution < 1.29 is 9.53 Å². The fourth-order valence-electron chi connectivity index (χ4n) is 4.97. The number of benzene rings is 2. The van der Waals surface area contributed by atoms with Crippen molar-refractivity contribution in [1.29, 1.82) is 0 Å². The van der Waals surface area contributed by atoms with Crippen molar-refractivity contribution in [3.8, 4) is 0 Å². The van der Waals surface area contributed by atoms with E-state index in [1.807, 2.05) is 45.2 Å². The molecule has 2 aromatic carbocycles. The van der Waals surface area contributed by atoms with Crippen LogP contribution in [0, 0.1) is 11.8 Å². The number of carbonyl (C=O) groups is 1. The molecule has 1 unspecified atom stereocenters. The second-order valence-corrected chi connectivity index (χ2v) is 11.2. The fraction of sp³-hybridized carbons (Fsp3) is 0.433. The first kappa shape index (κ1) is 24.1. The molecule has 4 aromatic rings. The van der Waals surface area contributed by atoms with Crippen LogP contribution >= 0.6 is 0 Å². The number of hydrogen-bond donors (Lipinski definition) is 0. The summed E-state index contributed by atoms with van der Waals surface area (Å²) in [7, 11) is 2.14. The summed E-state index contributed by atoms with van der Waals surface area (Å²) >= 11 is 0. The lowest BCUT2D eigenvalue weighted by Gasteiger charge is -2.19. The van der Waals surface area contributed by atoms with Gasteiger partial charge in [0, 0.05) is 35.7 Å². The number of aryl methyl sites for hydroxylation is 1. The Bertz CT molecular complexity index is 1320. The molecule has 0 amide bonds. The molecular weight excluding hydrogens is 420 g/mol. The molecular formula is C30H38N2O2. The van der Waals surface area contributed by atoms with Gasteiger partial charge in [-0.2, -0.15) is 0 Å². The minimum absolute atomic E-state index is 0.325. The highest BCUT2D eigenvalue weighted by molar-refractivity contribution is 5.92. The zero-order chi connectivity index (χ0) is 24.6. The van der Waals surface area contributed by atoms with Crippen molar-refractivity contribution in [2.24, 2.45) is 18.9 Å². The summed E-state index contributed by atoms with van der Waals surface area (Å²) in [6.07, 6.45) is 6.92. The number of nitrogens with zero attached hydrogens (tertiary/aromatic N) is 2. The van der Waals surface area contributed by atoms with Crippen LogP contribution in [0.3, 0.4) is 0 Å². The molecule has 2 heterocycles.